The van der Waals surface area contributed by atoms with Gasteiger partial charge in [-0.15, -0.1) is 10.2 Å². The molecule has 0 saturated heterocycles. The van der Waals surface area contributed by atoms with Gasteiger partial charge in [-0.3, -0.25) is 4.79 Å². The Balaban J connectivity index is 1.88. The van der Waals surface area contributed by atoms with Gasteiger partial charge in [0, 0.05) is 18.0 Å². The Morgan fingerprint density at radius 3 is 2.79 bits per heavy atom. The summed E-state index contributed by atoms with van der Waals surface area (Å²) in [6.45, 7) is 5.77. The zero-order chi connectivity index (χ0) is 17.5. The predicted molar refractivity (Wildman–Crippen MR) is 92.4 cm³/mol. The Hall–Kier alpha value is -2.22. The summed E-state index contributed by atoms with van der Waals surface area (Å²) < 4.78 is 15.3. The highest BCUT2D eigenvalue weighted by Gasteiger charge is 2.16. The first-order chi connectivity index (χ1) is 11.2. The summed E-state index contributed by atoms with van der Waals surface area (Å²) in [5, 5.41) is 12.2. The Labute approximate surface area is 142 Å². The third-order valence-electron chi connectivity index (χ3n) is 3.39. The third kappa shape index (κ3) is 3.33. The number of nitrogens with one attached hydrogen (secondary N) is 1. The number of thioether (sulfide) groups is 1. The lowest BCUT2D eigenvalue weighted by Gasteiger charge is -2.20. The largest absolute Gasteiger partial charge is 0.351 e. The highest BCUT2D eigenvalue weighted by atomic mass is 32.2. The monoisotopic (exact) mass is 347 g/mol. The molecule has 6 nitrogen and oxygen atoms in total. The lowest BCUT2D eigenvalue weighted by Crippen LogP contribution is -2.41. The first-order valence-corrected chi connectivity index (χ1v) is 8.45. The van der Waals surface area contributed by atoms with E-state index in [0.717, 1.165) is 5.52 Å². The van der Waals surface area contributed by atoms with E-state index in [1.54, 1.807) is 6.07 Å². The van der Waals surface area contributed by atoms with Crippen LogP contribution in [0.25, 0.3) is 22.1 Å². The van der Waals surface area contributed by atoms with Crippen LogP contribution in [0.1, 0.15) is 20.8 Å². The summed E-state index contributed by atoms with van der Waals surface area (Å²) in [6.07, 6.45) is 0. The summed E-state index contributed by atoms with van der Waals surface area (Å²) in [7, 11) is 1.85. The molecule has 3 rings (SSSR count). The van der Waals surface area contributed by atoms with Crippen LogP contribution in [0.4, 0.5) is 4.39 Å². The smallest absolute Gasteiger partial charge is 0.230 e. The standard InChI is InChI=1S/C16H18FN5OS/c1-16(2,3)19-12(23)8-24-15-18-14-13(20-21-15)10-7-9(17)5-6-11(10)22(14)4/h5-7H,8H2,1-4H3,(H,19,23). The lowest BCUT2D eigenvalue weighted by atomic mass is 10.1. The minimum Gasteiger partial charge on any atom is -0.351 e. The van der Waals surface area contributed by atoms with Crippen molar-refractivity contribution in [1.29, 1.82) is 0 Å². The van der Waals surface area contributed by atoms with Crippen molar-refractivity contribution >= 4 is 39.7 Å². The second kappa shape index (κ2) is 6.01. The highest BCUT2D eigenvalue weighted by Crippen LogP contribution is 2.26. The van der Waals surface area contributed by atoms with Crippen LogP contribution < -0.4 is 5.32 Å². The van der Waals surface area contributed by atoms with Crippen LogP contribution in [-0.4, -0.2) is 36.9 Å². The molecule has 0 aliphatic rings. The number of nitrogens with zero attached hydrogens (tertiary/aromatic N) is 4. The van der Waals surface area contributed by atoms with Crippen LogP contribution in [0.3, 0.4) is 0 Å². The molecule has 0 aliphatic carbocycles. The van der Waals surface area contributed by atoms with E-state index in [1.807, 2.05) is 32.4 Å². The van der Waals surface area contributed by atoms with Crippen molar-refractivity contribution in [1.82, 2.24) is 25.1 Å². The molecule has 0 atom stereocenters. The maximum Gasteiger partial charge on any atom is 0.230 e. The van der Waals surface area contributed by atoms with E-state index in [2.05, 4.69) is 20.5 Å². The SMILES string of the molecule is Cn1c2ccc(F)cc2c2nnc(SCC(=O)NC(C)(C)C)nc21. The minimum atomic E-state index is -0.325. The molecule has 8 heteroatoms. The van der Waals surface area contributed by atoms with Crippen molar-refractivity contribution in [3.63, 3.8) is 0 Å². The number of halogens is 1. The number of carbonyl (C=O) groups excluding carboxylic acids is 1. The average molecular weight is 347 g/mol. The van der Waals surface area contributed by atoms with Gasteiger partial charge in [0.1, 0.15) is 11.3 Å². The van der Waals surface area contributed by atoms with Crippen LogP contribution in [0.5, 0.6) is 0 Å². The maximum absolute atomic E-state index is 13.5. The summed E-state index contributed by atoms with van der Waals surface area (Å²) in [5.74, 6) is -0.201. The second-order valence-electron chi connectivity index (χ2n) is 6.57. The van der Waals surface area contributed by atoms with Crippen molar-refractivity contribution in [3.8, 4) is 0 Å². The fourth-order valence-electron chi connectivity index (χ4n) is 2.46. The molecule has 0 saturated carbocycles. The Morgan fingerprint density at radius 1 is 1.33 bits per heavy atom. The molecule has 126 valence electrons. The fourth-order valence-corrected chi connectivity index (χ4v) is 3.04. The van der Waals surface area contributed by atoms with E-state index in [4.69, 9.17) is 0 Å². The number of aromatic nitrogens is 4. The van der Waals surface area contributed by atoms with E-state index in [9.17, 15) is 9.18 Å². The molecule has 0 fully saturated rings. The second-order valence-corrected chi connectivity index (χ2v) is 7.52. The van der Waals surface area contributed by atoms with Gasteiger partial charge in [-0.05, 0) is 39.0 Å². The topological polar surface area (TPSA) is 72.7 Å². The number of benzene rings is 1. The van der Waals surface area contributed by atoms with Gasteiger partial charge < -0.3 is 9.88 Å². The molecule has 0 unspecified atom stereocenters. The molecule has 0 spiro atoms. The first kappa shape index (κ1) is 16.6. The van der Waals surface area contributed by atoms with Crippen molar-refractivity contribution in [3.05, 3.63) is 24.0 Å². The summed E-state index contributed by atoms with van der Waals surface area (Å²) in [6, 6.07) is 4.52. The van der Waals surface area contributed by atoms with E-state index >= 15 is 0 Å². The summed E-state index contributed by atoms with van der Waals surface area (Å²) in [5.41, 5.74) is 1.72. The minimum absolute atomic E-state index is 0.0877. The van der Waals surface area contributed by atoms with Crippen molar-refractivity contribution < 1.29 is 9.18 Å². The number of rotatable bonds is 3. The number of hydrogen-bond acceptors (Lipinski definition) is 5. The van der Waals surface area contributed by atoms with Crippen molar-refractivity contribution in [2.75, 3.05) is 5.75 Å². The molecule has 0 radical (unpaired) electrons. The Kier molecular flexibility index (Phi) is 4.16. The zero-order valence-electron chi connectivity index (χ0n) is 13.9. The molecular weight excluding hydrogens is 329 g/mol. The van der Waals surface area contributed by atoms with Crippen molar-refractivity contribution in [2.24, 2.45) is 7.05 Å². The van der Waals surface area contributed by atoms with E-state index in [0.29, 0.717) is 21.7 Å². The molecule has 3 aromatic rings. The summed E-state index contributed by atoms with van der Waals surface area (Å²) >= 11 is 1.22. The van der Waals surface area contributed by atoms with Gasteiger partial charge in [-0.1, -0.05) is 11.8 Å². The van der Waals surface area contributed by atoms with Gasteiger partial charge in [-0.25, -0.2) is 9.37 Å². The number of amides is 1. The van der Waals surface area contributed by atoms with E-state index in [-0.39, 0.29) is 23.0 Å². The van der Waals surface area contributed by atoms with Gasteiger partial charge in [-0.2, -0.15) is 0 Å². The quantitative estimate of drug-likeness (QED) is 0.738. The maximum atomic E-state index is 13.5. The van der Waals surface area contributed by atoms with Gasteiger partial charge in [0.15, 0.2) is 5.65 Å². The van der Waals surface area contributed by atoms with Gasteiger partial charge in [0.25, 0.3) is 0 Å². The summed E-state index contributed by atoms with van der Waals surface area (Å²) in [4.78, 5) is 16.3. The molecule has 1 aromatic carbocycles. The van der Waals surface area contributed by atoms with Crippen LogP contribution in [0.2, 0.25) is 0 Å². The zero-order valence-corrected chi connectivity index (χ0v) is 14.7. The molecule has 1 amide bonds. The third-order valence-corrected chi connectivity index (χ3v) is 4.23. The van der Waals surface area contributed by atoms with E-state index < -0.39 is 0 Å². The highest BCUT2D eigenvalue weighted by molar-refractivity contribution is 7.99. The molecule has 0 bridgehead atoms. The first-order valence-electron chi connectivity index (χ1n) is 7.47. The lowest BCUT2D eigenvalue weighted by molar-refractivity contribution is -0.119. The molecule has 2 heterocycles. The number of aryl methyl sites for hydroxylation is 1. The normalized spacial score (nSPS) is 12.0. The van der Waals surface area contributed by atoms with Gasteiger partial charge in [0.05, 0.1) is 11.3 Å². The van der Waals surface area contributed by atoms with Gasteiger partial charge >= 0.3 is 0 Å². The Bertz CT molecular complexity index is 931. The van der Waals surface area contributed by atoms with Gasteiger partial charge in [0.2, 0.25) is 11.1 Å². The fraction of sp³-hybridized carbons (Fsp3) is 0.375. The van der Waals surface area contributed by atoms with Crippen molar-refractivity contribution in [2.45, 2.75) is 31.5 Å². The van der Waals surface area contributed by atoms with Crippen LogP contribution in [-0.2, 0) is 11.8 Å². The number of fused-ring (bicyclic) bond motifs is 3. The van der Waals surface area contributed by atoms with Crippen LogP contribution >= 0.6 is 11.8 Å². The molecule has 24 heavy (non-hydrogen) atoms. The average Bonchev–Trinajstić information content (AvgIpc) is 2.76. The molecule has 2 aromatic heterocycles. The van der Waals surface area contributed by atoms with Crippen LogP contribution in [0.15, 0.2) is 23.4 Å². The predicted octanol–water partition coefficient (Wildman–Crippen LogP) is 2.66. The van der Waals surface area contributed by atoms with Crippen LogP contribution in [0, 0.1) is 5.82 Å². The Morgan fingerprint density at radius 2 is 2.08 bits per heavy atom. The number of hydrogen-bond donors (Lipinski definition) is 1. The molecular formula is C16H18FN5OS. The number of carbonyl (C=O) groups is 1. The molecule has 1 N–H and O–H groups in total. The molecule has 0 aliphatic heterocycles. The van der Waals surface area contributed by atoms with E-state index in [1.165, 1.54) is 23.9 Å².